The van der Waals surface area contributed by atoms with Crippen LogP contribution in [-0.2, 0) is 11.3 Å². The molecular weight excluding hydrogens is 238 g/mol. The number of benzene rings is 1. The van der Waals surface area contributed by atoms with E-state index < -0.39 is 0 Å². The lowest BCUT2D eigenvalue weighted by molar-refractivity contribution is -0.121. The molecule has 1 N–H and O–H groups in total. The number of nitrogens with zero attached hydrogens (tertiary/aromatic N) is 2. The fourth-order valence-electron chi connectivity index (χ4n) is 2.50. The molecule has 1 saturated carbocycles. The molecule has 0 aliphatic heterocycles. The zero-order chi connectivity index (χ0) is 13.1. The summed E-state index contributed by atoms with van der Waals surface area (Å²) in [6.45, 7) is 0.310. The molecule has 3 rings (SSSR count). The molecule has 1 amide bonds. The number of fused-ring (bicyclic) bond motifs is 1. The van der Waals surface area contributed by atoms with Gasteiger partial charge in [0.1, 0.15) is 6.54 Å². The van der Waals surface area contributed by atoms with Gasteiger partial charge in [0.15, 0.2) is 0 Å². The van der Waals surface area contributed by atoms with Crippen LogP contribution in [0.5, 0.6) is 0 Å². The van der Waals surface area contributed by atoms with E-state index in [1.807, 2.05) is 41.1 Å². The van der Waals surface area contributed by atoms with Crippen molar-refractivity contribution in [2.24, 2.45) is 5.10 Å². The highest BCUT2D eigenvalue weighted by Crippen LogP contribution is 2.15. The van der Waals surface area contributed by atoms with Crippen LogP contribution in [0, 0.1) is 0 Å². The predicted molar refractivity (Wildman–Crippen MR) is 76.0 cm³/mol. The molecule has 19 heavy (non-hydrogen) atoms. The van der Waals surface area contributed by atoms with Crippen LogP contribution in [0.25, 0.3) is 10.9 Å². The Labute approximate surface area is 112 Å². The fourth-order valence-corrected chi connectivity index (χ4v) is 2.50. The monoisotopic (exact) mass is 255 g/mol. The van der Waals surface area contributed by atoms with Crippen molar-refractivity contribution < 1.29 is 4.79 Å². The minimum absolute atomic E-state index is 0.0687. The van der Waals surface area contributed by atoms with E-state index in [9.17, 15) is 4.79 Å². The predicted octanol–water partition coefficient (Wildman–Crippen LogP) is 2.69. The molecular formula is C15H17N3O. The van der Waals surface area contributed by atoms with Crippen molar-refractivity contribution in [3.8, 4) is 0 Å². The van der Waals surface area contributed by atoms with Crippen molar-refractivity contribution in [2.75, 3.05) is 0 Å². The second-order valence-corrected chi connectivity index (χ2v) is 4.92. The number of para-hydroxylation sites is 1. The van der Waals surface area contributed by atoms with Gasteiger partial charge in [0.2, 0.25) is 0 Å². The first-order chi connectivity index (χ1) is 9.33. The average Bonchev–Trinajstić information content (AvgIpc) is 3.07. The van der Waals surface area contributed by atoms with Crippen LogP contribution in [0.15, 0.2) is 41.6 Å². The van der Waals surface area contributed by atoms with Gasteiger partial charge in [0.25, 0.3) is 5.91 Å². The van der Waals surface area contributed by atoms with E-state index in [1.54, 1.807) is 0 Å². The molecule has 4 heteroatoms. The Hall–Kier alpha value is -2.10. The van der Waals surface area contributed by atoms with Gasteiger partial charge < -0.3 is 4.57 Å². The number of amides is 1. The van der Waals surface area contributed by atoms with E-state index in [0.717, 1.165) is 29.5 Å². The van der Waals surface area contributed by atoms with Crippen LogP contribution in [0.4, 0.5) is 0 Å². The molecule has 0 bridgehead atoms. The third kappa shape index (κ3) is 2.67. The molecule has 1 aliphatic carbocycles. The standard InChI is InChI=1S/C15H17N3O/c19-15(17-16-13-6-2-3-7-13)11-18-10-9-12-5-1-4-8-14(12)18/h1,4-5,8-10H,2-3,6-7,11H2,(H,17,19). The average molecular weight is 255 g/mol. The normalized spacial score (nSPS) is 14.8. The number of aromatic nitrogens is 1. The third-order valence-electron chi connectivity index (χ3n) is 3.51. The maximum absolute atomic E-state index is 11.9. The number of carbonyl (C=O) groups is 1. The summed E-state index contributed by atoms with van der Waals surface area (Å²) in [6, 6.07) is 10.1. The number of hydrogen-bond acceptors (Lipinski definition) is 2. The Bertz CT molecular complexity index is 619. The summed E-state index contributed by atoms with van der Waals surface area (Å²) in [7, 11) is 0. The highest BCUT2D eigenvalue weighted by atomic mass is 16.2. The van der Waals surface area contributed by atoms with Crippen LogP contribution < -0.4 is 5.43 Å². The van der Waals surface area contributed by atoms with Crippen molar-refractivity contribution in [3.63, 3.8) is 0 Å². The molecule has 4 nitrogen and oxygen atoms in total. The van der Waals surface area contributed by atoms with E-state index in [-0.39, 0.29) is 5.91 Å². The van der Waals surface area contributed by atoms with E-state index in [2.05, 4.69) is 10.5 Å². The first-order valence-electron chi connectivity index (χ1n) is 6.71. The first-order valence-corrected chi connectivity index (χ1v) is 6.71. The molecule has 0 spiro atoms. The molecule has 1 aromatic heterocycles. The van der Waals surface area contributed by atoms with Crippen molar-refractivity contribution in [1.29, 1.82) is 0 Å². The van der Waals surface area contributed by atoms with E-state index >= 15 is 0 Å². The summed E-state index contributed by atoms with van der Waals surface area (Å²) in [5.74, 6) is -0.0687. The number of nitrogens with one attached hydrogen (secondary N) is 1. The van der Waals surface area contributed by atoms with Crippen LogP contribution in [0.1, 0.15) is 25.7 Å². The fraction of sp³-hybridized carbons (Fsp3) is 0.333. The molecule has 0 unspecified atom stereocenters. The van der Waals surface area contributed by atoms with Gasteiger partial charge in [0, 0.05) is 17.4 Å². The minimum atomic E-state index is -0.0687. The molecule has 1 fully saturated rings. The van der Waals surface area contributed by atoms with Crippen LogP contribution >= 0.6 is 0 Å². The second-order valence-electron chi connectivity index (χ2n) is 4.92. The third-order valence-corrected chi connectivity index (χ3v) is 3.51. The lowest BCUT2D eigenvalue weighted by Gasteiger charge is -2.04. The van der Waals surface area contributed by atoms with Crippen LogP contribution in [-0.4, -0.2) is 16.2 Å². The summed E-state index contributed by atoms with van der Waals surface area (Å²) < 4.78 is 1.94. The Morgan fingerprint density at radius 3 is 2.84 bits per heavy atom. The Kier molecular flexibility index (Phi) is 3.31. The molecule has 1 aliphatic rings. The molecule has 1 heterocycles. The first kappa shape index (κ1) is 12.0. The summed E-state index contributed by atoms with van der Waals surface area (Å²) in [6.07, 6.45) is 6.36. The van der Waals surface area contributed by atoms with E-state index in [4.69, 9.17) is 0 Å². The maximum Gasteiger partial charge on any atom is 0.259 e. The van der Waals surface area contributed by atoms with Crippen molar-refractivity contribution >= 4 is 22.5 Å². The molecule has 0 radical (unpaired) electrons. The van der Waals surface area contributed by atoms with Gasteiger partial charge in [-0.2, -0.15) is 5.10 Å². The van der Waals surface area contributed by atoms with Gasteiger partial charge in [-0.1, -0.05) is 18.2 Å². The van der Waals surface area contributed by atoms with E-state index in [0.29, 0.717) is 6.54 Å². The smallest absolute Gasteiger partial charge is 0.259 e. The Balaban J connectivity index is 1.67. The Morgan fingerprint density at radius 2 is 2.00 bits per heavy atom. The van der Waals surface area contributed by atoms with E-state index in [1.165, 1.54) is 12.8 Å². The van der Waals surface area contributed by atoms with Gasteiger partial charge in [-0.05, 0) is 43.2 Å². The van der Waals surface area contributed by atoms with Gasteiger partial charge in [-0.15, -0.1) is 0 Å². The minimum Gasteiger partial charge on any atom is -0.338 e. The molecule has 0 saturated heterocycles. The number of hydrazone groups is 1. The number of carbonyl (C=O) groups excluding carboxylic acids is 1. The maximum atomic E-state index is 11.9. The summed E-state index contributed by atoms with van der Waals surface area (Å²) in [5.41, 5.74) is 4.85. The van der Waals surface area contributed by atoms with Gasteiger partial charge in [-0.3, -0.25) is 4.79 Å². The highest BCUT2D eigenvalue weighted by Gasteiger charge is 2.09. The van der Waals surface area contributed by atoms with Gasteiger partial charge in [0.05, 0.1) is 0 Å². The molecule has 2 aromatic rings. The lowest BCUT2D eigenvalue weighted by atomic mass is 10.2. The van der Waals surface area contributed by atoms with Crippen LogP contribution in [0.3, 0.4) is 0 Å². The largest absolute Gasteiger partial charge is 0.338 e. The van der Waals surface area contributed by atoms with Crippen LogP contribution in [0.2, 0.25) is 0 Å². The number of rotatable bonds is 3. The zero-order valence-electron chi connectivity index (χ0n) is 10.8. The number of hydrogen-bond donors (Lipinski definition) is 1. The highest BCUT2D eigenvalue weighted by molar-refractivity contribution is 5.88. The molecule has 98 valence electrons. The topological polar surface area (TPSA) is 46.4 Å². The second kappa shape index (κ2) is 5.26. The van der Waals surface area contributed by atoms with Gasteiger partial charge >= 0.3 is 0 Å². The molecule has 1 aromatic carbocycles. The van der Waals surface area contributed by atoms with Crippen molar-refractivity contribution in [2.45, 2.75) is 32.2 Å². The zero-order valence-corrected chi connectivity index (χ0v) is 10.8. The summed E-state index contributed by atoms with van der Waals surface area (Å²) >= 11 is 0. The summed E-state index contributed by atoms with van der Waals surface area (Å²) in [5, 5.41) is 5.34. The molecule has 0 atom stereocenters. The van der Waals surface area contributed by atoms with Crippen molar-refractivity contribution in [3.05, 3.63) is 36.5 Å². The Morgan fingerprint density at radius 1 is 1.21 bits per heavy atom. The van der Waals surface area contributed by atoms with Crippen molar-refractivity contribution in [1.82, 2.24) is 9.99 Å². The SMILES string of the molecule is O=C(Cn1ccc2ccccc21)NN=C1CCCC1. The quantitative estimate of drug-likeness (QED) is 0.842. The van der Waals surface area contributed by atoms with Gasteiger partial charge in [-0.25, -0.2) is 5.43 Å². The lowest BCUT2D eigenvalue weighted by Crippen LogP contribution is -2.23. The summed E-state index contributed by atoms with van der Waals surface area (Å²) in [4.78, 5) is 11.9.